The highest BCUT2D eigenvalue weighted by molar-refractivity contribution is 5.70. The van der Waals surface area contributed by atoms with Crippen LogP contribution in [-0.4, -0.2) is 42.1 Å². The molecule has 0 amide bonds. The van der Waals surface area contributed by atoms with Crippen LogP contribution in [0, 0.1) is 5.92 Å². The fourth-order valence-electron chi connectivity index (χ4n) is 2.53. The average Bonchev–Trinajstić information content (AvgIpc) is 2.88. The van der Waals surface area contributed by atoms with Crippen LogP contribution in [0.1, 0.15) is 25.7 Å². The smallest absolute Gasteiger partial charge is 0.306 e. The number of aromatic nitrogens is 5. The molecule has 1 fully saturated rings. The van der Waals surface area contributed by atoms with Crippen LogP contribution in [0.4, 0.5) is 5.82 Å². The van der Waals surface area contributed by atoms with Gasteiger partial charge in [0.1, 0.15) is 0 Å². The zero-order valence-corrected chi connectivity index (χ0v) is 10.2. The highest BCUT2D eigenvalue weighted by atomic mass is 16.4. The summed E-state index contributed by atoms with van der Waals surface area (Å²) >= 11 is 0. The summed E-state index contributed by atoms with van der Waals surface area (Å²) in [5, 5.41) is 23.7. The molecule has 0 radical (unpaired) electrons. The Bertz CT molecular complexity index is 598. The third-order valence-corrected chi connectivity index (χ3v) is 3.48. The summed E-state index contributed by atoms with van der Waals surface area (Å²) in [7, 11) is 0. The second kappa shape index (κ2) is 4.79. The first-order valence-electron chi connectivity index (χ1n) is 6.25. The molecule has 1 aliphatic rings. The Morgan fingerprint density at radius 3 is 3.16 bits per heavy atom. The first-order chi connectivity index (χ1) is 9.24. The molecule has 100 valence electrons. The van der Waals surface area contributed by atoms with Gasteiger partial charge in [0.2, 0.25) is 0 Å². The van der Waals surface area contributed by atoms with Gasteiger partial charge in [0.15, 0.2) is 11.5 Å². The van der Waals surface area contributed by atoms with E-state index < -0.39 is 5.97 Å². The van der Waals surface area contributed by atoms with Crippen molar-refractivity contribution in [3.05, 3.63) is 12.4 Å². The minimum Gasteiger partial charge on any atom is -0.481 e. The van der Waals surface area contributed by atoms with Crippen molar-refractivity contribution in [2.24, 2.45) is 5.92 Å². The summed E-state index contributed by atoms with van der Waals surface area (Å²) in [4.78, 5) is 15.1. The van der Waals surface area contributed by atoms with Gasteiger partial charge in [0, 0.05) is 6.04 Å². The number of nitrogens with one attached hydrogen (secondary N) is 1. The molecule has 0 saturated heterocycles. The third-order valence-electron chi connectivity index (χ3n) is 3.48. The van der Waals surface area contributed by atoms with E-state index in [1.54, 1.807) is 16.9 Å². The summed E-state index contributed by atoms with van der Waals surface area (Å²) in [6, 6.07) is 0.117. The van der Waals surface area contributed by atoms with Crippen LogP contribution in [0.5, 0.6) is 0 Å². The molecule has 8 heteroatoms. The topological polar surface area (TPSA) is 105 Å². The molecule has 1 aliphatic carbocycles. The summed E-state index contributed by atoms with van der Waals surface area (Å²) in [6.45, 7) is 0. The molecule has 3 rings (SSSR count). The van der Waals surface area contributed by atoms with E-state index in [1.165, 1.54) is 0 Å². The summed E-state index contributed by atoms with van der Waals surface area (Å²) in [6.07, 6.45) is 6.45. The predicted octanol–water partition coefficient (Wildman–Crippen LogP) is 0.575. The molecule has 0 aliphatic heterocycles. The van der Waals surface area contributed by atoms with E-state index in [0.29, 0.717) is 17.9 Å². The van der Waals surface area contributed by atoms with Gasteiger partial charge in [-0.2, -0.15) is 4.52 Å². The van der Waals surface area contributed by atoms with Gasteiger partial charge < -0.3 is 10.4 Å². The van der Waals surface area contributed by atoms with E-state index in [1.807, 2.05) is 0 Å². The molecule has 2 aromatic rings. The van der Waals surface area contributed by atoms with E-state index in [0.717, 1.165) is 19.3 Å². The van der Waals surface area contributed by atoms with Crippen molar-refractivity contribution in [2.45, 2.75) is 31.7 Å². The second-order valence-corrected chi connectivity index (χ2v) is 4.78. The number of hydrogen-bond donors (Lipinski definition) is 2. The van der Waals surface area contributed by atoms with E-state index in [-0.39, 0.29) is 12.0 Å². The molecule has 0 spiro atoms. The Labute approximate surface area is 108 Å². The Hall–Kier alpha value is -2.25. The van der Waals surface area contributed by atoms with E-state index >= 15 is 0 Å². The number of nitrogens with zero attached hydrogens (tertiary/aromatic N) is 5. The molecular weight excluding hydrogens is 248 g/mol. The molecule has 8 nitrogen and oxygen atoms in total. The second-order valence-electron chi connectivity index (χ2n) is 4.78. The van der Waals surface area contributed by atoms with Gasteiger partial charge in [-0.1, -0.05) is 6.42 Å². The van der Waals surface area contributed by atoms with Crippen molar-refractivity contribution >= 4 is 17.4 Å². The minimum absolute atomic E-state index is 0.117. The van der Waals surface area contributed by atoms with Crippen LogP contribution in [0.3, 0.4) is 0 Å². The lowest BCUT2D eigenvalue weighted by atomic mass is 9.86. The summed E-state index contributed by atoms with van der Waals surface area (Å²) in [5.41, 5.74) is 0.565. The molecule has 2 aromatic heterocycles. The van der Waals surface area contributed by atoms with Crippen molar-refractivity contribution < 1.29 is 9.90 Å². The van der Waals surface area contributed by atoms with Crippen molar-refractivity contribution in [3.63, 3.8) is 0 Å². The lowest BCUT2D eigenvalue weighted by Crippen LogP contribution is -2.31. The van der Waals surface area contributed by atoms with Gasteiger partial charge in [-0.25, -0.2) is 0 Å². The Morgan fingerprint density at radius 1 is 1.42 bits per heavy atom. The highest BCUT2D eigenvalue weighted by Crippen LogP contribution is 2.26. The number of fused-ring (bicyclic) bond motifs is 1. The van der Waals surface area contributed by atoms with Crippen LogP contribution in [0.15, 0.2) is 12.4 Å². The van der Waals surface area contributed by atoms with Gasteiger partial charge in [0.25, 0.3) is 0 Å². The molecule has 2 N–H and O–H groups in total. The van der Waals surface area contributed by atoms with Gasteiger partial charge in [0.05, 0.1) is 18.3 Å². The van der Waals surface area contributed by atoms with Crippen LogP contribution in [0.25, 0.3) is 5.65 Å². The van der Waals surface area contributed by atoms with Crippen molar-refractivity contribution in [2.75, 3.05) is 5.32 Å². The molecule has 2 unspecified atom stereocenters. The van der Waals surface area contributed by atoms with Crippen molar-refractivity contribution in [1.29, 1.82) is 0 Å². The highest BCUT2D eigenvalue weighted by Gasteiger charge is 2.27. The summed E-state index contributed by atoms with van der Waals surface area (Å²) in [5.74, 6) is -0.295. The van der Waals surface area contributed by atoms with Crippen LogP contribution in [-0.2, 0) is 4.79 Å². The zero-order chi connectivity index (χ0) is 13.2. The molecule has 2 heterocycles. The maximum absolute atomic E-state index is 11.0. The van der Waals surface area contributed by atoms with E-state index in [2.05, 4.69) is 25.8 Å². The molecule has 1 saturated carbocycles. The molecule has 0 aromatic carbocycles. The monoisotopic (exact) mass is 262 g/mol. The zero-order valence-electron chi connectivity index (χ0n) is 10.2. The SMILES string of the molecule is O=C(O)C1CCCC(Nc2cncc3nnnn23)C1. The Morgan fingerprint density at radius 2 is 2.32 bits per heavy atom. The number of carboxylic acid groups (broad SMARTS) is 1. The van der Waals surface area contributed by atoms with Crippen LogP contribution in [0.2, 0.25) is 0 Å². The predicted molar refractivity (Wildman–Crippen MR) is 65.6 cm³/mol. The average molecular weight is 262 g/mol. The van der Waals surface area contributed by atoms with Gasteiger partial charge in [-0.05, 0) is 29.7 Å². The van der Waals surface area contributed by atoms with Crippen LogP contribution >= 0.6 is 0 Å². The quantitative estimate of drug-likeness (QED) is 0.833. The fraction of sp³-hybridized carbons (Fsp3) is 0.545. The van der Waals surface area contributed by atoms with Crippen molar-refractivity contribution in [1.82, 2.24) is 25.0 Å². The number of anilines is 1. The number of rotatable bonds is 3. The van der Waals surface area contributed by atoms with E-state index in [9.17, 15) is 4.79 Å². The largest absolute Gasteiger partial charge is 0.481 e. The van der Waals surface area contributed by atoms with E-state index in [4.69, 9.17) is 5.11 Å². The van der Waals surface area contributed by atoms with Gasteiger partial charge >= 0.3 is 5.97 Å². The number of hydrogen-bond acceptors (Lipinski definition) is 6. The first kappa shape index (κ1) is 11.8. The molecule has 19 heavy (non-hydrogen) atoms. The maximum atomic E-state index is 11.0. The van der Waals surface area contributed by atoms with Crippen molar-refractivity contribution in [3.8, 4) is 0 Å². The van der Waals surface area contributed by atoms with Gasteiger partial charge in [-0.15, -0.1) is 5.10 Å². The standard InChI is InChI=1S/C11H14N6O2/c18-11(19)7-2-1-3-8(4-7)13-9-5-12-6-10-14-15-16-17(9)10/h5-8,13H,1-4H2,(H,18,19). The lowest BCUT2D eigenvalue weighted by molar-refractivity contribution is -0.142. The number of carboxylic acids is 1. The Balaban J connectivity index is 1.77. The number of tetrazole rings is 1. The normalized spacial score (nSPS) is 23.4. The molecule has 2 atom stereocenters. The maximum Gasteiger partial charge on any atom is 0.306 e. The number of aliphatic carboxylic acids is 1. The third kappa shape index (κ3) is 2.33. The van der Waals surface area contributed by atoms with Gasteiger partial charge in [-0.3, -0.25) is 9.78 Å². The lowest BCUT2D eigenvalue weighted by Gasteiger charge is -2.27. The number of carbonyl (C=O) groups is 1. The van der Waals surface area contributed by atoms with Crippen LogP contribution < -0.4 is 5.32 Å². The summed E-state index contributed by atoms with van der Waals surface area (Å²) < 4.78 is 1.57. The Kier molecular flexibility index (Phi) is 2.98. The first-order valence-corrected chi connectivity index (χ1v) is 6.25. The fourth-order valence-corrected chi connectivity index (χ4v) is 2.53. The molecule has 0 bridgehead atoms. The minimum atomic E-state index is -0.717. The molecular formula is C11H14N6O2.